The van der Waals surface area contributed by atoms with Crippen LogP contribution in [0.25, 0.3) is 11.0 Å². The van der Waals surface area contributed by atoms with Crippen molar-refractivity contribution in [1.29, 1.82) is 0 Å². The van der Waals surface area contributed by atoms with Gasteiger partial charge in [0.1, 0.15) is 5.76 Å². The second-order valence-corrected chi connectivity index (χ2v) is 4.18. The van der Waals surface area contributed by atoms with E-state index in [1.807, 2.05) is 18.2 Å². The summed E-state index contributed by atoms with van der Waals surface area (Å²) < 4.78 is 5.16. The van der Waals surface area contributed by atoms with Crippen molar-refractivity contribution in [3.05, 3.63) is 54.2 Å². The molecule has 0 saturated heterocycles. The summed E-state index contributed by atoms with van der Waals surface area (Å²) in [6, 6.07) is 8.71. The highest BCUT2D eigenvalue weighted by Crippen LogP contribution is 2.16. The van der Waals surface area contributed by atoms with Gasteiger partial charge in [0, 0.05) is 18.1 Å². The number of nitrogens with one attached hydrogen (secondary N) is 1. The number of hydrogen-bond acceptors (Lipinski definition) is 5. The minimum Gasteiger partial charge on any atom is -0.475 e. The number of hydrogen-bond donors (Lipinski definition) is 2. The first kappa shape index (κ1) is 12.2. The van der Waals surface area contributed by atoms with Crippen LogP contribution in [0, 0.1) is 0 Å². The summed E-state index contributed by atoms with van der Waals surface area (Å²) in [6.07, 6.45) is 3.28. The third-order valence-electron chi connectivity index (χ3n) is 2.81. The third-order valence-corrected chi connectivity index (χ3v) is 2.81. The van der Waals surface area contributed by atoms with Gasteiger partial charge in [-0.2, -0.15) is 0 Å². The maximum atomic E-state index is 10.7. The van der Waals surface area contributed by atoms with Gasteiger partial charge in [-0.3, -0.25) is 9.97 Å². The van der Waals surface area contributed by atoms with Gasteiger partial charge in [0.25, 0.3) is 0 Å². The van der Waals surface area contributed by atoms with Gasteiger partial charge in [0.2, 0.25) is 5.76 Å². The van der Waals surface area contributed by atoms with E-state index >= 15 is 0 Å². The first-order valence-corrected chi connectivity index (χ1v) is 5.99. The molecule has 0 aliphatic heterocycles. The van der Waals surface area contributed by atoms with Gasteiger partial charge >= 0.3 is 5.97 Å². The highest BCUT2D eigenvalue weighted by Gasteiger charge is 2.08. The van der Waals surface area contributed by atoms with Crippen molar-refractivity contribution in [2.75, 3.05) is 5.32 Å². The van der Waals surface area contributed by atoms with Gasteiger partial charge in [-0.25, -0.2) is 4.79 Å². The lowest BCUT2D eigenvalue weighted by Crippen LogP contribution is -1.99. The second-order valence-electron chi connectivity index (χ2n) is 4.18. The smallest absolute Gasteiger partial charge is 0.371 e. The number of anilines is 1. The second kappa shape index (κ2) is 5.00. The van der Waals surface area contributed by atoms with E-state index in [1.165, 1.54) is 6.07 Å². The maximum Gasteiger partial charge on any atom is 0.371 e. The number of carboxylic acid groups (broad SMARTS) is 1. The van der Waals surface area contributed by atoms with E-state index in [9.17, 15) is 4.79 Å². The third kappa shape index (κ3) is 2.44. The standard InChI is InChI=1S/C14H11N3O3/c18-14(19)13-4-2-10(20-13)8-17-9-1-3-11-12(7-9)16-6-5-15-11/h1-7,17H,8H2,(H,18,19). The number of benzene rings is 1. The van der Waals surface area contributed by atoms with Crippen LogP contribution in [0.15, 0.2) is 47.1 Å². The number of carbonyl (C=O) groups is 1. The molecule has 0 spiro atoms. The number of furan rings is 1. The SMILES string of the molecule is O=C(O)c1ccc(CNc2ccc3nccnc3c2)o1. The Kier molecular flexibility index (Phi) is 3.04. The Balaban J connectivity index is 1.74. The summed E-state index contributed by atoms with van der Waals surface area (Å²) in [6.45, 7) is 0.402. The van der Waals surface area contributed by atoms with E-state index < -0.39 is 5.97 Å². The molecule has 6 nitrogen and oxygen atoms in total. The summed E-state index contributed by atoms with van der Waals surface area (Å²) in [5.74, 6) is -0.579. The zero-order chi connectivity index (χ0) is 13.9. The van der Waals surface area contributed by atoms with Crippen molar-refractivity contribution in [3.8, 4) is 0 Å². The number of rotatable bonds is 4. The van der Waals surface area contributed by atoms with E-state index in [1.54, 1.807) is 18.5 Å². The van der Waals surface area contributed by atoms with Crippen molar-refractivity contribution in [1.82, 2.24) is 9.97 Å². The number of aromatic nitrogens is 2. The van der Waals surface area contributed by atoms with Crippen LogP contribution in [-0.2, 0) is 6.54 Å². The quantitative estimate of drug-likeness (QED) is 0.756. The van der Waals surface area contributed by atoms with Crippen LogP contribution in [0.2, 0.25) is 0 Å². The van der Waals surface area contributed by atoms with Crippen LogP contribution in [0.5, 0.6) is 0 Å². The van der Waals surface area contributed by atoms with Gasteiger partial charge in [-0.1, -0.05) is 0 Å². The van der Waals surface area contributed by atoms with Gasteiger partial charge < -0.3 is 14.8 Å². The molecule has 0 unspecified atom stereocenters. The van der Waals surface area contributed by atoms with E-state index in [2.05, 4.69) is 15.3 Å². The summed E-state index contributed by atoms with van der Waals surface area (Å²) >= 11 is 0. The molecule has 2 N–H and O–H groups in total. The van der Waals surface area contributed by atoms with Crippen molar-refractivity contribution in [2.45, 2.75) is 6.54 Å². The predicted octanol–water partition coefficient (Wildman–Crippen LogP) is 2.53. The molecule has 0 radical (unpaired) electrons. The number of nitrogens with zero attached hydrogens (tertiary/aromatic N) is 2. The Morgan fingerprint density at radius 2 is 1.95 bits per heavy atom. The molecule has 0 bridgehead atoms. The molecule has 0 aliphatic carbocycles. The summed E-state index contributed by atoms with van der Waals surface area (Å²) in [4.78, 5) is 19.1. The van der Waals surface area contributed by atoms with Gasteiger partial charge in [-0.05, 0) is 30.3 Å². The lowest BCUT2D eigenvalue weighted by atomic mass is 10.2. The van der Waals surface area contributed by atoms with E-state index in [0.717, 1.165) is 16.7 Å². The molecule has 1 aromatic carbocycles. The van der Waals surface area contributed by atoms with E-state index in [-0.39, 0.29) is 5.76 Å². The predicted molar refractivity (Wildman–Crippen MR) is 72.5 cm³/mol. The largest absolute Gasteiger partial charge is 0.475 e. The average Bonchev–Trinajstić information content (AvgIpc) is 2.94. The Bertz CT molecular complexity index is 767. The fourth-order valence-electron chi connectivity index (χ4n) is 1.85. The molecule has 0 atom stereocenters. The molecule has 0 aliphatic rings. The van der Waals surface area contributed by atoms with Gasteiger partial charge in [-0.15, -0.1) is 0 Å². The molecule has 2 aromatic heterocycles. The molecule has 0 amide bonds. The normalized spacial score (nSPS) is 10.6. The van der Waals surface area contributed by atoms with Crippen molar-refractivity contribution in [3.63, 3.8) is 0 Å². The van der Waals surface area contributed by atoms with Crippen LogP contribution in [0.1, 0.15) is 16.3 Å². The lowest BCUT2D eigenvalue weighted by Gasteiger charge is -2.05. The summed E-state index contributed by atoms with van der Waals surface area (Å²) in [5, 5.41) is 11.9. The molecular formula is C14H11N3O3. The van der Waals surface area contributed by atoms with Crippen molar-refractivity contribution >= 4 is 22.7 Å². The van der Waals surface area contributed by atoms with Crippen molar-refractivity contribution < 1.29 is 14.3 Å². The number of aromatic carboxylic acids is 1. The molecule has 3 aromatic rings. The highest BCUT2D eigenvalue weighted by molar-refractivity contribution is 5.84. The molecule has 3 rings (SSSR count). The average molecular weight is 269 g/mol. The zero-order valence-electron chi connectivity index (χ0n) is 10.4. The summed E-state index contributed by atoms with van der Waals surface area (Å²) in [5.41, 5.74) is 2.48. The highest BCUT2D eigenvalue weighted by atomic mass is 16.4. The summed E-state index contributed by atoms with van der Waals surface area (Å²) in [7, 11) is 0. The number of carboxylic acids is 1. The van der Waals surface area contributed by atoms with E-state index in [4.69, 9.17) is 9.52 Å². The fraction of sp³-hybridized carbons (Fsp3) is 0.0714. The Labute approximate surface area is 114 Å². The fourth-order valence-corrected chi connectivity index (χ4v) is 1.85. The Morgan fingerprint density at radius 3 is 2.70 bits per heavy atom. The minimum atomic E-state index is -1.07. The van der Waals surface area contributed by atoms with Crippen LogP contribution < -0.4 is 5.32 Å². The molecule has 0 saturated carbocycles. The Morgan fingerprint density at radius 1 is 1.15 bits per heavy atom. The molecule has 100 valence electrons. The van der Waals surface area contributed by atoms with Crippen LogP contribution in [0.4, 0.5) is 5.69 Å². The van der Waals surface area contributed by atoms with Crippen LogP contribution in [-0.4, -0.2) is 21.0 Å². The molecular weight excluding hydrogens is 258 g/mol. The lowest BCUT2D eigenvalue weighted by molar-refractivity contribution is 0.0660. The van der Waals surface area contributed by atoms with Gasteiger partial charge in [0.15, 0.2) is 0 Å². The van der Waals surface area contributed by atoms with Crippen LogP contribution >= 0.6 is 0 Å². The topological polar surface area (TPSA) is 88.2 Å². The molecule has 2 heterocycles. The number of fused-ring (bicyclic) bond motifs is 1. The van der Waals surface area contributed by atoms with Crippen molar-refractivity contribution in [2.24, 2.45) is 0 Å². The first-order chi connectivity index (χ1) is 9.72. The zero-order valence-corrected chi connectivity index (χ0v) is 10.4. The minimum absolute atomic E-state index is 0.0637. The molecule has 6 heteroatoms. The van der Waals surface area contributed by atoms with E-state index in [0.29, 0.717) is 12.3 Å². The monoisotopic (exact) mass is 269 g/mol. The maximum absolute atomic E-state index is 10.7. The first-order valence-electron chi connectivity index (χ1n) is 5.99. The van der Waals surface area contributed by atoms with Crippen LogP contribution in [0.3, 0.4) is 0 Å². The molecule has 20 heavy (non-hydrogen) atoms. The van der Waals surface area contributed by atoms with Gasteiger partial charge in [0.05, 0.1) is 17.6 Å². The molecule has 0 fully saturated rings. The Hall–Kier alpha value is -2.89.